The number of methoxy groups -OCH3 is 2. The van der Waals surface area contributed by atoms with Gasteiger partial charge in [-0.05, 0) is 48.9 Å². The fourth-order valence-corrected chi connectivity index (χ4v) is 2.79. The number of carbonyl (C=O) groups excluding carboxylic acids is 1. The summed E-state index contributed by atoms with van der Waals surface area (Å²) < 4.78 is 10.5. The molecule has 0 bridgehead atoms. The third-order valence-corrected chi connectivity index (χ3v) is 4.59. The lowest BCUT2D eigenvalue weighted by Gasteiger charge is -2.12. The van der Waals surface area contributed by atoms with Crippen LogP contribution < -0.4 is 20.1 Å². The third kappa shape index (κ3) is 4.35. The minimum Gasteiger partial charge on any atom is -0.493 e. The molecule has 1 heterocycles. The van der Waals surface area contributed by atoms with Crippen molar-refractivity contribution in [2.45, 2.75) is 6.92 Å². The topological polar surface area (TPSA) is 72.5 Å². The van der Waals surface area contributed by atoms with Crippen LogP contribution in [0, 0.1) is 6.92 Å². The minimum atomic E-state index is -0.303. The van der Waals surface area contributed by atoms with Crippen molar-refractivity contribution in [3.8, 4) is 11.5 Å². The van der Waals surface area contributed by atoms with Crippen molar-refractivity contribution in [3.63, 3.8) is 0 Å². The number of carbonyl (C=O) groups is 1. The number of nitrogens with zero attached hydrogens (tertiary/aromatic N) is 1. The second kappa shape index (κ2) is 8.63. The second-order valence-electron chi connectivity index (χ2n) is 5.99. The van der Waals surface area contributed by atoms with Crippen LogP contribution in [0.2, 0.25) is 5.02 Å². The largest absolute Gasteiger partial charge is 0.493 e. The molecule has 0 atom stereocenters. The molecule has 0 saturated heterocycles. The van der Waals surface area contributed by atoms with Gasteiger partial charge < -0.3 is 20.1 Å². The zero-order valence-electron chi connectivity index (χ0n) is 15.7. The Morgan fingerprint density at radius 3 is 2.43 bits per heavy atom. The summed E-state index contributed by atoms with van der Waals surface area (Å²) in [6, 6.07) is 14.3. The van der Waals surface area contributed by atoms with Gasteiger partial charge in [0.15, 0.2) is 11.5 Å². The number of anilines is 3. The highest BCUT2D eigenvalue weighted by molar-refractivity contribution is 6.31. The Morgan fingerprint density at radius 1 is 1.00 bits per heavy atom. The molecule has 0 aliphatic carbocycles. The Bertz CT molecular complexity index is 991. The maximum absolute atomic E-state index is 12.4. The number of halogens is 1. The molecule has 6 nitrogen and oxygen atoms in total. The van der Waals surface area contributed by atoms with Crippen LogP contribution in [0.15, 0.2) is 54.7 Å². The summed E-state index contributed by atoms with van der Waals surface area (Å²) >= 11 is 6.09. The van der Waals surface area contributed by atoms with E-state index in [0.717, 1.165) is 16.9 Å². The van der Waals surface area contributed by atoms with Crippen LogP contribution in [0.25, 0.3) is 0 Å². The van der Waals surface area contributed by atoms with E-state index in [9.17, 15) is 4.79 Å². The predicted molar refractivity (Wildman–Crippen MR) is 111 cm³/mol. The van der Waals surface area contributed by atoms with E-state index in [0.29, 0.717) is 27.9 Å². The molecule has 0 radical (unpaired) electrons. The number of hydrogen-bond donors (Lipinski definition) is 2. The first kappa shape index (κ1) is 19.5. The highest BCUT2D eigenvalue weighted by Crippen LogP contribution is 2.31. The molecule has 144 valence electrons. The lowest BCUT2D eigenvalue weighted by molar-refractivity contribution is 0.102. The Balaban J connectivity index is 1.71. The number of pyridine rings is 1. The van der Waals surface area contributed by atoms with Crippen molar-refractivity contribution in [3.05, 3.63) is 71.0 Å². The number of amides is 1. The first-order valence-electron chi connectivity index (χ1n) is 8.53. The predicted octanol–water partition coefficient (Wildman–Crippen LogP) is 5.06. The van der Waals surface area contributed by atoms with E-state index < -0.39 is 0 Å². The van der Waals surface area contributed by atoms with Gasteiger partial charge >= 0.3 is 0 Å². The molecular formula is C21H20ClN3O3. The van der Waals surface area contributed by atoms with Crippen molar-refractivity contribution < 1.29 is 14.3 Å². The highest BCUT2D eigenvalue weighted by atomic mass is 35.5. The quantitative estimate of drug-likeness (QED) is 0.608. The van der Waals surface area contributed by atoms with Gasteiger partial charge in [0.25, 0.3) is 5.91 Å². The summed E-state index contributed by atoms with van der Waals surface area (Å²) in [5.74, 6) is 0.964. The van der Waals surface area contributed by atoms with Crippen LogP contribution in [0.4, 0.5) is 17.1 Å². The van der Waals surface area contributed by atoms with Gasteiger partial charge in [-0.1, -0.05) is 17.7 Å². The maximum Gasteiger partial charge on any atom is 0.274 e. The number of rotatable bonds is 6. The van der Waals surface area contributed by atoms with E-state index in [1.807, 2.05) is 25.1 Å². The number of nitrogens with one attached hydrogen (secondary N) is 2. The Labute approximate surface area is 168 Å². The van der Waals surface area contributed by atoms with Crippen molar-refractivity contribution in [1.29, 1.82) is 0 Å². The summed E-state index contributed by atoms with van der Waals surface area (Å²) in [7, 11) is 3.17. The number of benzene rings is 2. The molecule has 0 fully saturated rings. The zero-order valence-corrected chi connectivity index (χ0v) is 16.5. The smallest absolute Gasteiger partial charge is 0.274 e. The number of ether oxygens (including phenoxy) is 2. The molecule has 0 saturated carbocycles. The number of aromatic nitrogens is 1. The third-order valence-electron chi connectivity index (χ3n) is 4.18. The van der Waals surface area contributed by atoms with Crippen molar-refractivity contribution in [2.75, 3.05) is 24.9 Å². The molecule has 0 spiro atoms. The van der Waals surface area contributed by atoms with Gasteiger partial charge in [-0.15, -0.1) is 0 Å². The first-order chi connectivity index (χ1) is 13.5. The fraction of sp³-hybridized carbons (Fsp3) is 0.143. The molecule has 0 unspecified atom stereocenters. The van der Waals surface area contributed by atoms with Crippen molar-refractivity contribution in [2.24, 2.45) is 0 Å². The summed E-state index contributed by atoms with van der Waals surface area (Å²) in [5, 5.41) is 6.64. The monoisotopic (exact) mass is 397 g/mol. The van der Waals surface area contributed by atoms with Crippen LogP contribution >= 0.6 is 11.6 Å². The normalized spacial score (nSPS) is 10.3. The Hall–Kier alpha value is -3.25. The molecule has 3 rings (SSSR count). The van der Waals surface area contributed by atoms with Gasteiger partial charge in [-0.25, -0.2) is 4.98 Å². The standard InChI is InChI=1S/C21H20ClN3O3/c1-13-16(22)5-4-6-17(13)25-21(26)18-9-7-15(12-23-18)24-14-8-10-19(27-2)20(11-14)28-3/h4-12,24H,1-3H3,(H,25,26). The van der Waals surface area contributed by atoms with Crippen LogP contribution in [-0.4, -0.2) is 25.1 Å². The second-order valence-corrected chi connectivity index (χ2v) is 6.40. The van der Waals surface area contributed by atoms with Crippen LogP contribution in [0.5, 0.6) is 11.5 Å². The molecule has 3 aromatic rings. The SMILES string of the molecule is COc1ccc(Nc2ccc(C(=O)Nc3cccc(Cl)c3C)nc2)cc1OC. The van der Waals surface area contributed by atoms with E-state index in [2.05, 4.69) is 15.6 Å². The summed E-state index contributed by atoms with van der Waals surface area (Å²) in [6.45, 7) is 1.85. The summed E-state index contributed by atoms with van der Waals surface area (Å²) in [5.41, 5.74) is 3.32. The van der Waals surface area contributed by atoms with E-state index in [1.165, 1.54) is 0 Å². The molecule has 1 aromatic heterocycles. The van der Waals surface area contributed by atoms with Crippen molar-refractivity contribution in [1.82, 2.24) is 4.98 Å². The molecule has 2 aromatic carbocycles. The summed E-state index contributed by atoms with van der Waals surface area (Å²) in [4.78, 5) is 16.7. The van der Waals surface area contributed by atoms with E-state index in [4.69, 9.17) is 21.1 Å². The molecule has 2 N–H and O–H groups in total. The molecule has 7 heteroatoms. The molecule has 28 heavy (non-hydrogen) atoms. The van der Waals surface area contributed by atoms with Gasteiger partial charge in [0.2, 0.25) is 0 Å². The van der Waals surface area contributed by atoms with Crippen LogP contribution in [0.1, 0.15) is 16.1 Å². The number of hydrogen-bond acceptors (Lipinski definition) is 5. The Kier molecular flexibility index (Phi) is 6.01. The lowest BCUT2D eigenvalue weighted by atomic mass is 10.2. The van der Waals surface area contributed by atoms with Gasteiger partial charge in [0, 0.05) is 22.5 Å². The van der Waals surface area contributed by atoms with Gasteiger partial charge in [-0.2, -0.15) is 0 Å². The van der Waals surface area contributed by atoms with E-state index in [-0.39, 0.29) is 5.91 Å². The summed E-state index contributed by atoms with van der Waals surface area (Å²) in [6.07, 6.45) is 1.59. The Morgan fingerprint density at radius 2 is 1.75 bits per heavy atom. The van der Waals surface area contributed by atoms with E-state index in [1.54, 1.807) is 50.7 Å². The zero-order chi connectivity index (χ0) is 20.1. The molecule has 1 amide bonds. The fourth-order valence-electron chi connectivity index (χ4n) is 2.61. The maximum atomic E-state index is 12.4. The van der Waals surface area contributed by atoms with Crippen LogP contribution in [0.3, 0.4) is 0 Å². The van der Waals surface area contributed by atoms with Crippen LogP contribution in [-0.2, 0) is 0 Å². The van der Waals surface area contributed by atoms with Gasteiger partial charge in [-0.3, -0.25) is 4.79 Å². The van der Waals surface area contributed by atoms with E-state index >= 15 is 0 Å². The minimum absolute atomic E-state index is 0.303. The average Bonchev–Trinajstić information content (AvgIpc) is 2.71. The van der Waals surface area contributed by atoms with Gasteiger partial charge in [0.05, 0.1) is 26.1 Å². The average molecular weight is 398 g/mol. The van der Waals surface area contributed by atoms with Crippen molar-refractivity contribution >= 4 is 34.6 Å². The first-order valence-corrected chi connectivity index (χ1v) is 8.91. The molecular weight excluding hydrogens is 378 g/mol. The molecule has 0 aliphatic rings. The highest BCUT2D eigenvalue weighted by Gasteiger charge is 2.11. The van der Waals surface area contributed by atoms with Gasteiger partial charge in [0.1, 0.15) is 5.69 Å². The lowest BCUT2D eigenvalue weighted by Crippen LogP contribution is -2.14. The molecule has 0 aliphatic heterocycles.